The van der Waals surface area contributed by atoms with Crippen LogP contribution < -0.4 is 5.32 Å². The third kappa shape index (κ3) is 2.20. The Morgan fingerprint density at radius 3 is 2.67 bits per heavy atom. The van der Waals surface area contributed by atoms with Gasteiger partial charge in [0.2, 0.25) is 0 Å². The molecule has 1 heterocycles. The SMILES string of the molecule is Cc1ccc(NC(=O)c2cnn(C)c2C)cc1O. The third-order valence-corrected chi connectivity index (χ3v) is 2.95. The highest BCUT2D eigenvalue weighted by atomic mass is 16.3. The van der Waals surface area contributed by atoms with Crippen molar-refractivity contribution in [2.45, 2.75) is 13.8 Å². The number of aromatic hydroxyl groups is 1. The number of hydrogen-bond donors (Lipinski definition) is 2. The third-order valence-electron chi connectivity index (χ3n) is 2.95. The monoisotopic (exact) mass is 245 g/mol. The zero-order chi connectivity index (χ0) is 13.3. The van der Waals surface area contributed by atoms with Gasteiger partial charge in [0.15, 0.2) is 0 Å². The number of carbonyl (C=O) groups excluding carboxylic acids is 1. The Labute approximate surface area is 105 Å². The predicted molar refractivity (Wildman–Crippen MR) is 68.7 cm³/mol. The topological polar surface area (TPSA) is 67.2 Å². The van der Waals surface area contributed by atoms with Crippen molar-refractivity contribution < 1.29 is 9.90 Å². The standard InChI is InChI=1S/C13H15N3O2/c1-8-4-5-10(6-12(8)17)15-13(18)11-7-14-16(3)9(11)2/h4-7,17H,1-3H3,(H,15,18). The number of amides is 1. The lowest BCUT2D eigenvalue weighted by Gasteiger charge is -2.06. The molecule has 1 aromatic carbocycles. The first-order chi connectivity index (χ1) is 8.49. The quantitative estimate of drug-likeness (QED) is 0.850. The minimum Gasteiger partial charge on any atom is -0.508 e. The van der Waals surface area contributed by atoms with Crippen LogP contribution in [0, 0.1) is 13.8 Å². The molecule has 5 nitrogen and oxygen atoms in total. The van der Waals surface area contributed by atoms with Crippen LogP contribution in [0.15, 0.2) is 24.4 Å². The Hall–Kier alpha value is -2.30. The predicted octanol–water partition coefficient (Wildman–Crippen LogP) is 1.99. The summed E-state index contributed by atoms with van der Waals surface area (Å²) in [5.74, 6) is -0.0699. The van der Waals surface area contributed by atoms with Gasteiger partial charge in [-0.3, -0.25) is 9.48 Å². The molecule has 94 valence electrons. The summed E-state index contributed by atoms with van der Waals surface area (Å²) in [7, 11) is 1.78. The van der Waals surface area contributed by atoms with Crippen molar-refractivity contribution in [3.8, 4) is 5.75 Å². The maximum absolute atomic E-state index is 12.0. The van der Waals surface area contributed by atoms with Gasteiger partial charge in [-0.1, -0.05) is 6.07 Å². The maximum Gasteiger partial charge on any atom is 0.259 e. The molecule has 0 unspecified atom stereocenters. The number of aromatic nitrogens is 2. The van der Waals surface area contributed by atoms with E-state index in [9.17, 15) is 9.90 Å². The average Bonchev–Trinajstić information content (AvgIpc) is 2.65. The van der Waals surface area contributed by atoms with Gasteiger partial charge in [-0.2, -0.15) is 5.10 Å². The molecule has 5 heteroatoms. The zero-order valence-corrected chi connectivity index (χ0v) is 10.6. The van der Waals surface area contributed by atoms with Crippen LogP contribution in [0.5, 0.6) is 5.75 Å². The number of nitrogens with one attached hydrogen (secondary N) is 1. The van der Waals surface area contributed by atoms with Gasteiger partial charge in [-0.05, 0) is 25.5 Å². The molecule has 0 spiro atoms. The number of benzene rings is 1. The second-order valence-electron chi connectivity index (χ2n) is 4.22. The number of aryl methyl sites for hydroxylation is 2. The van der Waals surface area contributed by atoms with Gasteiger partial charge >= 0.3 is 0 Å². The summed E-state index contributed by atoms with van der Waals surface area (Å²) in [4.78, 5) is 12.0. The molecule has 0 atom stereocenters. The van der Waals surface area contributed by atoms with Gasteiger partial charge < -0.3 is 10.4 Å². The molecule has 18 heavy (non-hydrogen) atoms. The number of phenols is 1. The van der Waals surface area contributed by atoms with Crippen molar-refractivity contribution in [3.63, 3.8) is 0 Å². The Balaban J connectivity index is 2.21. The summed E-state index contributed by atoms with van der Waals surface area (Å²) in [6.45, 7) is 3.63. The van der Waals surface area contributed by atoms with Crippen LogP contribution in [-0.4, -0.2) is 20.8 Å². The molecule has 0 aliphatic carbocycles. The van der Waals surface area contributed by atoms with Gasteiger partial charge in [-0.15, -0.1) is 0 Å². The summed E-state index contributed by atoms with van der Waals surface area (Å²) >= 11 is 0. The first kappa shape index (κ1) is 12.2. The Bertz CT molecular complexity index is 602. The van der Waals surface area contributed by atoms with Gasteiger partial charge in [0.1, 0.15) is 5.75 Å². The van der Waals surface area contributed by atoms with Gasteiger partial charge in [0.05, 0.1) is 11.8 Å². The first-order valence-electron chi connectivity index (χ1n) is 5.58. The van der Waals surface area contributed by atoms with Gasteiger partial charge in [-0.25, -0.2) is 0 Å². The van der Waals surface area contributed by atoms with Crippen LogP contribution in [0.2, 0.25) is 0 Å². The van der Waals surface area contributed by atoms with E-state index >= 15 is 0 Å². The number of hydrogen-bond acceptors (Lipinski definition) is 3. The van der Waals surface area contributed by atoms with E-state index in [1.54, 1.807) is 30.8 Å². The van der Waals surface area contributed by atoms with Crippen molar-refractivity contribution in [3.05, 3.63) is 41.2 Å². The molecule has 0 aliphatic heterocycles. The van der Waals surface area contributed by atoms with Crippen LogP contribution >= 0.6 is 0 Å². The lowest BCUT2D eigenvalue weighted by atomic mass is 10.2. The lowest BCUT2D eigenvalue weighted by molar-refractivity contribution is 0.102. The van der Waals surface area contributed by atoms with E-state index < -0.39 is 0 Å². The number of carbonyl (C=O) groups is 1. The molecule has 1 aromatic heterocycles. The van der Waals surface area contributed by atoms with Crippen LogP contribution in [0.1, 0.15) is 21.6 Å². The lowest BCUT2D eigenvalue weighted by Crippen LogP contribution is -2.12. The smallest absolute Gasteiger partial charge is 0.259 e. The van der Waals surface area contributed by atoms with Crippen LogP contribution in [0.4, 0.5) is 5.69 Å². The molecular formula is C13H15N3O2. The number of phenolic OH excluding ortho intramolecular Hbond substituents is 1. The van der Waals surface area contributed by atoms with Gasteiger partial charge in [0.25, 0.3) is 5.91 Å². The van der Waals surface area contributed by atoms with Crippen LogP contribution in [-0.2, 0) is 7.05 Å². The summed E-state index contributed by atoms with van der Waals surface area (Å²) in [5.41, 5.74) is 2.65. The van der Waals surface area contributed by atoms with E-state index in [1.165, 1.54) is 12.3 Å². The molecule has 0 radical (unpaired) electrons. The molecule has 0 aliphatic rings. The largest absolute Gasteiger partial charge is 0.508 e. The molecule has 1 amide bonds. The maximum atomic E-state index is 12.0. The normalized spacial score (nSPS) is 10.4. The molecule has 0 fully saturated rings. The number of anilines is 1. The highest BCUT2D eigenvalue weighted by Crippen LogP contribution is 2.21. The van der Waals surface area contributed by atoms with E-state index in [-0.39, 0.29) is 11.7 Å². The Morgan fingerprint density at radius 1 is 1.39 bits per heavy atom. The average molecular weight is 245 g/mol. The van der Waals surface area contributed by atoms with Gasteiger partial charge in [0, 0.05) is 24.5 Å². The Morgan fingerprint density at radius 2 is 2.11 bits per heavy atom. The molecule has 0 saturated carbocycles. The van der Waals surface area contributed by atoms with E-state index in [2.05, 4.69) is 10.4 Å². The van der Waals surface area contributed by atoms with E-state index in [4.69, 9.17) is 0 Å². The fourth-order valence-corrected chi connectivity index (χ4v) is 1.61. The second kappa shape index (κ2) is 4.52. The van der Waals surface area contributed by atoms with Crippen LogP contribution in [0.3, 0.4) is 0 Å². The minimum atomic E-state index is -0.233. The van der Waals surface area contributed by atoms with Crippen molar-refractivity contribution >= 4 is 11.6 Å². The Kier molecular flexibility index (Phi) is 3.06. The molecule has 0 saturated heterocycles. The highest BCUT2D eigenvalue weighted by molar-refractivity contribution is 6.04. The molecule has 2 aromatic rings. The zero-order valence-electron chi connectivity index (χ0n) is 10.6. The van der Waals surface area contributed by atoms with E-state index in [0.29, 0.717) is 11.3 Å². The minimum absolute atomic E-state index is 0.163. The highest BCUT2D eigenvalue weighted by Gasteiger charge is 2.13. The number of rotatable bonds is 2. The van der Waals surface area contributed by atoms with E-state index in [0.717, 1.165) is 11.3 Å². The molecule has 2 rings (SSSR count). The number of nitrogens with zero attached hydrogens (tertiary/aromatic N) is 2. The van der Waals surface area contributed by atoms with Crippen molar-refractivity contribution in [2.24, 2.45) is 7.05 Å². The van der Waals surface area contributed by atoms with Crippen molar-refractivity contribution in [1.29, 1.82) is 0 Å². The summed E-state index contributed by atoms with van der Waals surface area (Å²) < 4.78 is 1.64. The molecule has 0 bridgehead atoms. The van der Waals surface area contributed by atoms with Crippen LogP contribution in [0.25, 0.3) is 0 Å². The fraction of sp³-hybridized carbons (Fsp3) is 0.231. The van der Waals surface area contributed by atoms with Crippen molar-refractivity contribution in [1.82, 2.24) is 9.78 Å². The second-order valence-corrected chi connectivity index (χ2v) is 4.22. The summed E-state index contributed by atoms with van der Waals surface area (Å²) in [6.07, 6.45) is 1.53. The summed E-state index contributed by atoms with van der Waals surface area (Å²) in [6, 6.07) is 5.03. The van der Waals surface area contributed by atoms with E-state index in [1.807, 2.05) is 6.92 Å². The molecular weight excluding hydrogens is 230 g/mol. The fourth-order valence-electron chi connectivity index (χ4n) is 1.61. The van der Waals surface area contributed by atoms with Crippen molar-refractivity contribution in [2.75, 3.05) is 5.32 Å². The molecule has 2 N–H and O–H groups in total. The summed E-state index contributed by atoms with van der Waals surface area (Å²) in [5, 5.41) is 16.3. The first-order valence-corrected chi connectivity index (χ1v) is 5.58.